The molecule has 3 rings (SSSR count). The smallest absolute Gasteiger partial charge is 0.275 e. The second-order valence-corrected chi connectivity index (χ2v) is 6.60. The fourth-order valence-electron chi connectivity index (χ4n) is 3.27. The molecular formula is C20H27N5O. The molecule has 1 aliphatic rings. The lowest BCUT2D eigenvalue weighted by Crippen LogP contribution is -2.46. The predicted molar refractivity (Wildman–Crippen MR) is 105 cm³/mol. The van der Waals surface area contributed by atoms with Crippen LogP contribution >= 0.6 is 0 Å². The molecule has 26 heavy (non-hydrogen) atoms. The van der Waals surface area contributed by atoms with Crippen molar-refractivity contribution in [2.24, 2.45) is 0 Å². The SMILES string of the molecule is CCc1cccc(C)c1NC(=O)c1cnc(N2CCN(CC)CC2)cn1. The molecule has 1 amide bonds. The molecule has 2 aromatic rings. The van der Waals surface area contributed by atoms with Crippen LogP contribution in [0.1, 0.15) is 35.5 Å². The molecule has 2 heterocycles. The predicted octanol–water partition coefficient (Wildman–Crippen LogP) is 2.74. The average Bonchev–Trinajstić information content (AvgIpc) is 2.69. The van der Waals surface area contributed by atoms with Gasteiger partial charge < -0.3 is 15.1 Å². The van der Waals surface area contributed by atoms with Gasteiger partial charge in [-0.1, -0.05) is 32.0 Å². The Morgan fingerprint density at radius 3 is 2.50 bits per heavy atom. The zero-order valence-corrected chi connectivity index (χ0v) is 15.8. The van der Waals surface area contributed by atoms with Gasteiger partial charge in [0.15, 0.2) is 0 Å². The van der Waals surface area contributed by atoms with E-state index < -0.39 is 0 Å². The van der Waals surface area contributed by atoms with Crippen LogP contribution in [-0.2, 0) is 6.42 Å². The van der Waals surface area contributed by atoms with Crippen LogP contribution in [0.2, 0.25) is 0 Å². The monoisotopic (exact) mass is 353 g/mol. The molecule has 1 aromatic carbocycles. The topological polar surface area (TPSA) is 61.4 Å². The third-order valence-electron chi connectivity index (χ3n) is 4.99. The van der Waals surface area contributed by atoms with Crippen molar-refractivity contribution in [3.63, 3.8) is 0 Å². The second kappa shape index (κ2) is 8.27. The molecule has 1 aliphatic heterocycles. The van der Waals surface area contributed by atoms with Gasteiger partial charge in [-0.05, 0) is 31.0 Å². The number of nitrogens with one attached hydrogen (secondary N) is 1. The number of carbonyl (C=O) groups excluding carboxylic acids is 1. The van der Waals surface area contributed by atoms with Crippen molar-refractivity contribution < 1.29 is 4.79 Å². The molecule has 1 saturated heterocycles. The number of rotatable bonds is 5. The molecule has 138 valence electrons. The lowest BCUT2D eigenvalue weighted by molar-refractivity contribution is 0.102. The van der Waals surface area contributed by atoms with Gasteiger partial charge in [0.25, 0.3) is 5.91 Å². The Bertz CT molecular complexity index is 751. The Kier molecular flexibility index (Phi) is 5.83. The molecule has 1 N–H and O–H groups in total. The zero-order valence-electron chi connectivity index (χ0n) is 15.8. The number of likely N-dealkylation sites (N-methyl/N-ethyl adjacent to an activating group) is 1. The summed E-state index contributed by atoms with van der Waals surface area (Å²) in [5.41, 5.74) is 3.39. The van der Waals surface area contributed by atoms with Gasteiger partial charge in [-0.25, -0.2) is 9.97 Å². The molecule has 0 spiro atoms. The van der Waals surface area contributed by atoms with E-state index in [0.717, 1.165) is 61.8 Å². The van der Waals surface area contributed by atoms with Gasteiger partial charge in [0.2, 0.25) is 0 Å². The third kappa shape index (κ3) is 4.02. The van der Waals surface area contributed by atoms with E-state index in [1.807, 2.05) is 25.1 Å². The highest BCUT2D eigenvalue weighted by molar-refractivity contribution is 6.03. The zero-order chi connectivity index (χ0) is 18.5. The molecule has 6 nitrogen and oxygen atoms in total. The highest BCUT2D eigenvalue weighted by atomic mass is 16.1. The number of piperazine rings is 1. The first kappa shape index (κ1) is 18.3. The molecule has 0 aliphatic carbocycles. The summed E-state index contributed by atoms with van der Waals surface area (Å²) in [7, 11) is 0. The number of para-hydroxylation sites is 1. The van der Waals surface area contributed by atoms with Gasteiger partial charge in [0, 0.05) is 31.9 Å². The Balaban J connectivity index is 1.68. The summed E-state index contributed by atoms with van der Waals surface area (Å²) < 4.78 is 0. The summed E-state index contributed by atoms with van der Waals surface area (Å²) in [6, 6.07) is 6.05. The van der Waals surface area contributed by atoms with Crippen LogP contribution in [0, 0.1) is 6.92 Å². The number of aryl methyl sites for hydroxylation is 2. The van der Waals surface area contributed by atoms with Gasteiger partial charge in [-0.2, -0.15) is 0 Å². The van der Waals surface area contributed by atoms with Crippen molar-refractivity contribution in [1.82, 2.24) is 14.9 Å². The summed E-state index contributed by atoms with van der Waals surface area (Å²) in [4.78, 5) is 26.0. The molecule has 0 saturated carbocycles. The van der Waals surface area contributed by atoms with Crippen LogP contribution < -0.4 is 10.2 Å². The van der Waals surface area contributed by atoms with Crippen molar-refractivity contribution in [3.8, 4) is 0 Å². The summed E-state index contributed by atoms with van der Waals surface area (Å²) >= 11 is 0. The minimum atomic E-state index is -0.219. The van der Waals surface area contributed by atoms with Gasteiger partial charge in [-0.3, -0.25) is 4.79 Å². The molecule has 1 fully saturated rings. The first-order valence-electron chi connectivity index (χ1n) is 9.31. The normalized spacial score (nSPS) is 15.1. The first-order valence-corrected chi connectivity index (χ1v) is 9.31. The van der Waals surface area contributed by atoms with Crippen molar-refractivity contribution in [2.45, 2.75) is 27.2 Å². The summed E-state index contributed by atoms with van der Waals surface area (Å²) in [6.45, 7) is 11.3. The largest absolute Gasteiger partial charge is 0.353 e. The number of anilines is 2. The lowest BCUT2D eigenvalue weighted by Gasteiger charge is -2.34. The molecule has 1 aromatic heterocycles. The fraction of sp³-hybridized carbons (Fsp3) is 0.450. The van der Waals surface area contributed by atoms with Gasteiger partial charge >= 0.3 is 0 Å². The van der Waals surface area contributed by atoms with Gasteiger partial charge in [0.1, 0.15) is 11.5 Å². The van der Waals surface area contributed by atoms with Crippen LogP contribution in [0.25, 0.3) is 0 Å². The van der Waals surface area contributed by atoms with Crippen LogP contribution in [0.4, 0.5) is 11.5 Å². The van der Waals surface area contributed by atoms with Crippen molar-refractivity contribution >= 4 is 17.4 Å². The van der Waals surface area contributed by atoms with E-state index in [0.29, 0.717) is 5.69 Å². The van der Waals surface area contributed by atoms with E-state index in [2.05, 4.69) is 38.9 Å². The Labute approximate surface area is 155 Å². The molecule has 0 bridgehead atoms. The van der Waals surface area contributed by atoms with Crippen molar-refractivity contribution in [3.05, 3.63) is 47.4 Å². The maximum atomic E-state index is 12.6. The van der Waals surface area contributed by atoms with E-state index in [1.165, 1.54) is 0 Å². The minimum absolute atomic E-state index is 0.219. The molecule has 0 atom stereocenters. The van der Waals surface area contributed by atoms with Crippen molar-refractivity contribution in [2.75, 3.05) is 42.9 Å². The molecule has 0 radical (unpaired) electrons. The summed E-state index contributed by atoms with van der Waals surface area (Å²) in [5.74, 6) is 0.617. The number of carbonyl (C=O) groups is 1. The van der Waals surface area contributed by atoms with Crippen LogP contribution in [-0.4, -0.2) is 53.5 Å². The number of amides is 1. The number of benzene rings is 1. The maximum absolute atomic E-state index is 12.6. The number of aromatic nitrogens is 2. The maximum Gasteiger partial charge on any atom is 0.275 e. The Morgan fingerprint density at radius 2 is 1.88 bits per heavy atom. The number of hydrogen-bond donors (Lipinski definition) is 1. The van der Waals surface area contributed by atoms with Crippen LogP contribution in [0.5, 0.6) is 0 Å². The minimum Gasteiger partial charge on any atom is -0.353 e. The number of hydrogen-bond acceptors (Lipinski definition) is 5. The molecular weight excluding hydrogens is 326 g/mol. The van der Waals surface area contributed by atoms with Crippen LogP contribution in [0.3, 0.4) is 0 Å². The van der Waals surface area contributed by atoms with E-state index in [-0.39, 0.29) is 5.91 Å². The summed E-state index contributed by atoms with van der Waals surface area (Å²) in [6.07, 6.45) is 4.14. The molecule has 0 unspecified atom stereocenters. The summed E-state index contributed by atoms with van der Waals surface area (Å²) in [5, 5.41) is 3.00. The van der Waals surface area contributed by atoms with Crippen LogP contribution in [0.15, 0.2) is 30.6 Å². The average molecular weight is 353 g/mol. The molecule has 6 heteroatoms. The lowest BCUT2D eigenvalue weighted by atomic mass is 10.1. The second-order valence-electron chi connectivity index (χ2n) is 6.60. The van der Waals surface area contributed by atoms with E-state index in [1.54, 1.807) is 12.4 Å². The first-order chi connectivity index (χ1) is 12.6. The van der Waals surface area contributed by atoms with Gasteiger partial charge in [-0.15, -0.1) is 0 Å². The standard InChI is InChI=1S/C20H27N5O/c1-4-16-8-6-7-15(3)19(16)23-20(26)17-13-22-18(14-21-17)25-11-9-24(5-2)10-12-25/h6-8,13-14H,4-5,9-12H2,1-3H3,(H,23,26). The highest BCUT2D eigenvalue weighted by Crippen LogP contribution is 2.22. The van der Waals surface area contributed by atoms with E-state index in [9.17, 15) is 4.79 Å². The third-order valence-corrected chi connectivity index (χ3v) is 4.99. The quantitative estimate of drug-likeness (QED) is 0.896. The van der Waals surface area contributed by atoms with E-state index >= 15 is 0 Å². The highest BCUT2D eigenvalue weighted by Gasteiger charge is 2.18. The Morgan fingerprint density at radius 1 is 1.12 bits per heavy atom. The van der Waals surface area contributed by atoms with Gasteiger partial charge in [0.05, 0.1) is 12.4 Å². The van der Waals surface area contributed by atoms with Crippen molar-refractivity contribution in [1.29, 1.82) is 0 Å². The number of nitrogens with zero attached hydrogens (tertiary/aromatic N) is 4. The van der Waals surface area contributed by atoms with E-state index in [4.69, 9.17) is 0 Å². The fourth-order valence-corrected chi connectivity index (χ4v) is 3.27. The Hall–Kier alpha value is -2.47.